The molecule has 2 amide bonds. The number of hydrogen-bond donors (Lipinski definition) is 0. The van der Waals surface area contributed by atoms with E-state index in [-0.39, 0.29) is 23.5 Å². The summed E-state index contributed by atoms with van der Waals surface area (Å²) < 4.78 is 0. The Morgan fingerprint density at radius 1 is 0.897 bits per heavy atom. The summed E-state index contributed by atoms with van der Waals surface area (Å²) in [6, 6.07) is 17.1. The standard InChI is InChI=1S/C24H26N2O3/c27-22-7-4-14-26(22)21-10-8-18(9-11-21)17-23(28)25-15-12-20(13-16-25)24(29)19-5-2-1-3-6-19/h1-3,5-6,8-11,20H,4,7,12-17H2. The fourth-order valence-electron chi connectivity index (χ4n) is 4.23. The smallest absolute Gasteiger partial charge is 0.227 e. The average Bonchev–Trinajstić information content (AvgIpc) is 3.20. The molecule has 5 nitrogen and oxygen atoms in total. The molecule has 2 fully saturated rings. The first-order chi connectivity index (χ1) is 14.1. The van der Waals surface area contributed by atoms with Crippen molar-refractivity contribution in [2.75, 3.05) is 24.5 Å². The molecular weight excluding hydrogens is 364 g/mol. The summed E-state index contributed by atoms with van der Waals surface area (Å²) in [6.07, 6.45) is 3.31. The molecule has 0 bridgehead atoms. The monoisotopic (exact) mass is 390 g/mol. The Bertz CT molecular complexity index is 884. The molecule has 4 rings (SSSR count). The fraction of sp³-hybridized carbons (Fsp3) is 0.375. The van der Waals surface area contributed by atoms with Gasteiger partial charge < -0.3 is 9.80 Å². The number of benzene rings is 2. The Balaban J connectivity index is 1.30. The first kappa shape index (κ1) is 19.4. The van der Waals surface area contributed by atoms with Gasteiger partial charge in [-0.25, -0.2) is 0 Å². The third-order valence-corrected chi connectivity index (χ3v) is 5.95. The number of piperidine rings is 1. The number of carbonyl (C=O) groups excluding carboxylic acids is 3. The predicted molar refractivity (Wildman–Crippen MR) is 112 cm³/mol. The van der Waals surface area contributed by atoms with E-state index in [1.165, 1.54) is 0 Å². The maximum absolute atomic E-state index is 12.7. The molecule has 0 radical (unpaired) electrons. The van der Waals surface area contributed by atoms with Gasteiger partial charge >= 0.3 is 0 Å². The van der Waals surface area contributed by atoms with Crippen LogP contribution in [-0.4, -0.2) is 42.1 Å². The molecule has 0 spiro atoms. The molecule has 2 aliphatic heterocycles. The van der Waals surface area contributed by atoms with E-state index < -0.39 is 0 Å². The van der Waals surface area contributed by atoms with Gasteiger partial charge in [0.05, 0.1) is 6.42 Å². The number of rotatable bonds is 5. The topological polar surface area (TPSA) is 57.7 Å². The molecule has 0 aromatic heterocycles. The first-order valence-corrected chi connectivity index (χ1v) is 10.4. The minimum absolute atomic E-state index is 0.00117. The summed E-state index contributed by atoms with van der Waals surface area (Å²) in [6.45, 7) is 2.03. The van der Waals surface area contributed by atoms with Gasteiger partial charge in [0.25, 0.3) is 0 Å². The van der Waals surface area contributed by atoms with E-state index >= 15 is 0 Å². The highest BCUT2D eigenvalue weighted by Gasteiger charge is 2.28. The van der Waals surface area contributed by atoms with Gasteiger partial charge in [0.1, 0.15) is 0 Å². The lowest BCUT2D eigenvalue weighted by Crippen LogP contribution is -2.41. The van der Waals surface area contributed by atoms with Crippen LogP contribution in [0.2, 0.25) is 0 Å². The van der Waals surface area contributed by atoms with E-state index in [1.807, 2.05) is 59.5 Å². The van der Waals surface area contributed by atoms with Crippen molar-refractivity contribution in [3.63, 3.8) is 0 Å². The molecule has 0 atom stereocenters. The fourth-order valence-corrected chi connectivity index (χ4v) is 4.23. The molecule has 29 heavy (non-hydrogen) atoms. The Kier molecular flexibility index (Phi) is 5.74. The van der Waals surface area contributed by atoms with Crippen LogP contribution in [0.4, 0.5) is 5.69 Å². The van der Waals surface area contributed by atoms with Crippen LogP contribution in [0.1, 0.15) is 41.6 Å². The second-order valence-electron chi connectivity index (χ2n) is 7.88. The van der Waals surface area contributed by atoms with Crippen molar-refractivity contribution in [3.8, 4) is 0 Å². The van der Waals surface area contributed by atoms with Gasteiger partial charge in [0.15, 0.2) is 5.78 Å². The van der Waals surface area contributed by atoms with Crippen LogP contribution in [-0.2, 0) is 16.0 Å². The number of hydrogen-bond acceptors (Lipinski definition) is 3. The summed E-state index contributed by atoms with van der Waals surface area (Å²) in [7, 11) is 0. The minimum Gasteiger partial charge on any atom is -0.342 e. The van der Waals surface area contributed by atoms with Gasteiger partial charge in [-0.15, -0.1) is 0 Å². The largest absolute Gasteiger partial charge is 0.342 e. The van der Waals surface area contributed by atoms with Crippen LogP contribution in [0.15, 0.2) is 54.6 Å². The van der Waals surface area contributed by atoms with E-state index in [1.54, 1.807) is 4.90 Å². The molecule has 0 unspecified atom stereocenters. The van der Waals surface area contributed by atoms with Gasteiger partial charge in [-0.3, -0.25) is 14.4 Å². The van der Waals surface area contributed by atoms with Crippen molar-refractivity contribution < 1.29 is 14.4 Å². The second kappa shape index (κ2) is 8.60. The van der Waals surface area contributed by atoms with Crippen LogP contribution in [0, 0.1) is 5.92 Å². The molecule has 2 aromatic carbocycles. The van der Waals surface area contributed by atoms with Crippen LogP contribution in [0.25, 0.3) is 0 Å². The maximum atomic E-state index is 12.7. The number of nitrogens with zero attached hydrogens (tertiary/aromatic N) is 2. The molecule has 150 valence electrons. The van der Waals surface area contributed by atoms with E-state index in [9.17, 15) is 14.4 Å². The predicted octanol–water partition coefficient (Wildman–Crippen LogP) is 3.48. The van der Waals surface area contributed by atoms with E-state index in [0.29, 0.717) is 25.9 Å². The Morgan fingerprint density at radius 2 is 1.59 bits per heavy atom. The minimum atomic E-state index is -0.00117. The summed E-state index contributed by atoms with van der Waals surface area (Å²) in [5.74, 6) is 0.450. The molecule has 2 aliphatic rings. The molecule has 0 aliphatic carbocycles. The molecule has 0 N–H and O–H groups in total. The summed E-state index contributed by atoms with van der Waals surface area (Å²) in [4.78, 5) is 40.8. The van der Waals surface area contributed by atoms with Gasteiger partial charge in [0.2, 0.25) is 11.8 Å². The maximum Gasteiger partial charge on any atom is 0.227 e. The summed E-state index contributed by atoms with van der Waals surface area (Å²) in [5.41, 5.74) is 2.62. The number of ketones is 1. The molecule has 2 heterocycles. The lowest BCUT2D eigenvalue weighted by molar-refractivity contribution is -0.131. The van der Waals surface area contributed by atoms with Gasteiger partial charge in [0, 0.05) is 43.2 Å². The second-order valence-corrected chi connectivity index (χ2v) is 7.88. The number of anilines is 1. The Hall–Kier alpha value is -2.95. The average molecular weight is 390 g/mol. The van der Waals surface area contributed by atoms with Crippen molar-refractivity contribution in [2.45, 2.75) is 32.1 Å². The first-order valence-electron chi connectivity index (χ1n) is 10.4. The zero-order valence-corrected chi connectivity index (χ0v) is 16.5. The van der Waals surface area contributed by atoms with Crippen molar-refractivity contribution in [2.24, 2.45) is 5.92 Å². The normalized spacial score (nSPS) is 17.6. The van der Waals surface area contributed by atoms with E-state index in [0.717, 1.165) is 42.6 Å². The Labute approximate surface area is 171 Å². The number of carbonyl (C=O) groups is 3. The van der Waals surface area contributed by atoms with E-state index in [4.69, 9.17) is 0 Å². The van der Waals surface area contributed by atoms with Crippen molar-refractivity contribution in [1.82, 2.24) is 4.90 Å². The summed E-state index contributed by atoms with van der Waals surface area (Å²) in [5, 5.41) is 0. The molecule has 5 heteroatoms. The highest BCUT2D eigenvalue weighted by atomic mass is 16.2. The van der Waals surface area contributed by atoms with Gasteiger partial charge in [-0.2, -0.15) is 0 Å². The van der Waals surface area contributed by atoms with Gasteiger partial charge in [-0.1, -0.05) is 42.5 Å². The molecular formula is C24H26N2O3. The molecule has 0 saturated carbocycles. The summed E-state index contributed by atoms with van der Waals surface area (Å²) >= 11 is 0. The number of amides is 2. The van der Waals surface area contributed by atoms with E-state index in [2.05, 4.69) is 0 Å². The van der Waals surface area contributed by atoms with Crippen LogP contribution in [0.5, 0.6) is 0 Å². The van der Waals surface area contributed by atoms with Crippen molar-refractivity contribution in [1.29, 1.82) is 0 Å². The quantitative estimate of drug-likeness (QED) is 0.735. The van der Waals surface area contributed by atoms with Crippen molar-refractivity contribution in [3.05, 3.63) is 65.7 Å². The lowest BCUT2D eigenvalue weighted by atomic mass is 9.88. The zero-order chi connectivity index (χ0) is 20.2. The van der Waals surface area contributed by atoms with Gasteiger partial charge in [-0.05, 0) is 37.0 Å². The zero-order valence-electron chi connectivity index (χ0n) is 16.5. The third kappa shape index (κ3) is 4.39. The molecule has 2 aromatic rings. The van der Waals surface area contributed by atoms with Crippen LogP contribution >= 0.6 is 0 Å². The highest BCUT2D eigenvalue weighted by molar-refractivity contribution is 5.98. The van der Waals surface area contributed by atoms with Crippen molar-refractivity contribution >= 4 is 23.3 Å². The number of Topliss-reactive ketones (excluding diaryl/α,β-unsaturated/α-hetero) is 1. The number of likely N-dealkylation sites (tertiary alicyclic amines) is 1. The molecule has 2 saturated heterocycles. The highest BCUT2D eigenvalue weighted by Crippen LogP contribution is 2.24. The third-order valence-electron chi connectivity index (χ3n) is 5.95. The SMILES string of the molecule is O=C(c1ccccc1)C1CCN(C(=O)Cc2ccc(N3CCCC3=O)cc2)CC1. The van der Waals surface area contributed by atoms with Crippen LogP contribution in [0.3, 0.4) is 0 Å². The Morgan fingerprint density at radius 3 is 2.21 bits per heavy atom. The lowest BCUT2D eigenvalue weighted by Gasteiger charge is -2.31. The van der Waals surface area contributed by atoms with Crippen LogP contribution < -0.4 is 4.90 Å².